The van der Waals surface area contributed by atoms with Gasteiger partial charge in [0.05, 0.1) is 12.2 Å². The van der Waals surface area contributed by atoms with Gasteiger partial charge in [-0.3, -0.25) is 4.79 Å². The van der Waals surface area contributed by atoms with Crippen molar-refractivity contribution in [1.82, 2.24) is 9.80 Å². The topological polar surface area (TPSA) is 73.3 Å². The van der Waals surface area contributed by atoms with Crippen LogP contribution in [0.3, 0.4) is 0 Å². The Kier molecular flexibility index (Phi) is 7.90. The number of rotatable bonds is 8. The van der Waals surface area contributed by atoms with Gasteiger partial charge in [0.1, 0.15) is 5.75 Å². The molecule has 7 heteroatoms. The second-order valence-corrected chi connectivity index (χ2v) is 9.89. The van der Waals surface area contributed by atoms with Gasteiger partial charge in [-0.25, -0.2) is 4.79 Å². The summed E-state index contributed by atoms with van der Waals surface area (Å²) >= 11 is 0. The summed E-state index contributed by atoms with van der Waals surface area (Å²) in [6, 6.07) is 18.6. The van der Waals surface area contributed by atoms with Gasteiger partial charge in [-0.1, -0.05) is 30.7 Å². The van der Waals surface area contributed by atoms with E-state index in [1.807, 2.05) is 29.2 Å². The maximum atomic E-state index is 13.3. The van der Waals surface area contributed by atoms with Crippen molar-refractivity contribution in [3.63, 3.8) is 0 Å². The number of carbonyl (C=O) groups is 2. The van der Waals surface area contributed by atoms with Crippen LogP contribution in [-0.2, 0) is 0 Å². The van der Waals surface area contributed by atoms with Crippen molar-refractivity contribution >= 4 is 28.3 Å². The first kappa shape index (κ1) is 25.1. The summed E-state index contributed by atoms with van der Waals surface area (Å²) in [5.41, 5.74) is 1.89. The Balaban J connectivity index is 1.14. The van der Waals surface area contributed by atoms with Gasteiger partial charge >= 0.3 is 5.97 Å². The standard InChI is InChI=1S/C30H35N3O4/c34-29(27-13-14-28(30(35)36)26-8-3-2-7-25(26)27)33-20-18-32(19-21-33)23-9-11-24(12-10-23)37-22-6-17-31-15-4-1-5-16-31/h2-3,7-14H,1,4-6,15-22H2,(H,35,36). The summed E-state index contributed by atoms with van der Waals surface area (Å²) < 4.78 is 5.96. The quantitative estimate of drug-likeness (QED) is 0.449. The lowest BCUT2D eigenvalue weighted by Gasteiger charge is -2.36. The van der Waals surface area contributed by atoms with Gasteiger partial charge in [0.2, 0.25) is 0 Å². The lowest BCUT2D eigenvalue weighted by Crippen LogP contribution is -2.48. The molecule has 0 atom stereocenters. The number of fused-ring (bicyclic) bond motifs is 1. The molecule has 0 saturated carbocycles. The molecule has 0 spiro atoms. The second kappa shape index (κ2) is 11.6. The Morgan fingerprint density at radius 3 is 2.08 bits per heavy atom. The molecule has 3 aromatic carbocycles. The fourth-order valence-corrected chi connectivity index (χ4v) is 5.42. The molecule has 7 nitrogen and oxygen atoms in total. The predicted octanol–water partition coefficient (Wildman–Crippen LogP) is 4.76. The maximum Gasteiger partial charge on any atom is 0.336 e. The molecule has 0 bridgehead atoms. The van der Waals surface area contributed by atoms with E-state index in [1.54, 1.807) is 18.2 Å². The number of piperazine rings is 1. The summed E-state index contributed by atoms with van der Waals surface area (Å²) in [5.74, 6) is -0.147. The number of hydrogen-bond donors (Lipinski definition) is 1. The highest BCUT2D eigenvalue weighted by Gasteiger charge is 2.24. The Bertz CT molecular complexity index is 1230. The third-order valence-electron chi connectivity index (χ3n) is 7.49. The first-order valence-electron chi connectivity index (χ1n) is 13.3. The van der Waals surface area contributed by atoms with Gasteiger partial charge < -0.3 is 24.5 Å². The molecule has 0 aromatic heterocycles. The number of carbonyl (C=O) groups excluding carboxylic acids is 1. The molecule has 1 N–H and O–H groups in total. The zero-order valence-corrected chi connectivity index (χ0v) is 21.3. The summed E-state index contributed by atoms with van der Waals surface area (Å²) in [6.07, 6.45) is 5.05. The molecule has 2 aliphatic heterocycles. The van der Waals surface area contributed by atoms with Gasteiger partial charge in [0, 0.05) is 44.0 Å². The van der Waals surface area contributed by atoms with Crippen molar-refractivity contribution < 1.29 is 19.4 Å². The van der Waals surface area contributed by atoms with Crippen LogP contribution in [0.15, 0.2) is 60.7 Å². The summed E-state index contributed by atoms with van der Waals surface area (Å²) in [4.78, 5) is 31.6. The third kappa shape index (κ3) is 5.88. The van der Waals surface area contributed by atoms with Crippen LogP contribution in [-0.4, -0.2) is 79.2 Å². The molecule has 2 heterocycles. The van der Waals surface area contributed by atoms with Crippen molar-refractivity contribution in [2.75, 3.05) is 57.3 Å². The summed E-state index contributed by atoms with van der Waals surface area (Å²) in [7, 11) is 0. The Hall–Kier alpha value is -3.58. The van der Waals surface area contributed by atoms with E-state index in [4.69, 9.17) is 4.74 Å². The van der Waals surface area contributed by atoms with Crippen LogP contribution < -0.4 is 9.64 Å². The molecular weight excluding hydrogens is 466 g/mol. The number of amides is 1. The van der Waals surface area contributed by atoms with Gasteiger partial charge in [-0.15, -0.1) is 0 Å². The van der Waals surface area contributed by atoms with Gasteiger partial charge in [-0.05, 0) is 79.5 Å². The van der Waals surface area contributed by atoms with Crippen molar-refractivity contribution in [2.45, 2.75) is 25.7 Å². The molecule has 0 unspecified atom stereocenters. The van der Waals surface area contributed by atoms with Crippen molar-refractivity contribution in [2.24, 2.45) is 0 Å². The van der Waals surface area contributed by atoms with Crippen LogP contribution >= 0.6 is 0 Å². The lowest BCUT2D eigenvalue weighted by atomic mass is 9.98. The van der Waals surface area contributed by atoms with Crippen LogP contribution in [0.5, 0.6) is 5.75 Å². The smallest absolute Gasteiger partial charge is 0.336 e. The minimum Gasteiger partial charge on any atom is -0.494 e. The van der Waals surface area contributed by atoms with E-state index >= 15 is 0 Å². The number of ether oxygens (including phenoxy) is 1. The molecule has 2 fully saturated rings. The number of carboxylic acids is 1. The zero-order chi connectivity index (χ0) is 25.6. The Labute approximate surface area is 218 Å². The van der Waals surface area contributed by atoms with Crippen molar-refractivity contribution in [3.05, 3.63) is 71.8 Å². The van der Waals surface area contributed by atoms with Gasteiger partial charge in [0.15, 0.2) is 0 Å². The van der Waals surface area contributed by atoms with Gasteiger partial charge in [0.25, 0.3) is 5.91 Å². The summed E-state index contributed by atoms with van der Waals surface area (Å²) in [5, 5.41) is 10.8. The highest BCUT2D eigenvalue weighted by atomic mass is 16.5. The lowest BCUT2D eigenvalue weighted by molar-refractivity contribution is 0.0696. The number of likely N-dealkylation sites (tertiary alicyclic amines) is 1. The number of anilines is 1. The maximum absolute atomic E-state index is 13.3. The first-order chi connectivity index (χ1) is 18.1. The first-order valence-corrected chi connectivity index (χ1v) is 13.3. The summed E-state index contributed by atoms with van der Waals surface area (Å²) in [6.45, 7) is 7.01. The number of piperidine rings is 1. The van der Waals surface area contributed by atoms with Crippen LogP contribution in [0, 0.1) is 0 Å². The van der Waals surface area contributed by atoms with E-state index in [0.29, 0.717) is 29.4 Å². The minimum absolute atomic E-state index is 0.0545. The monoisotopic (exact) mass is 501 g/mol. The van der Waals surface area contributed by atoms with Crippen molar-refractivity contribution in [3.8, 4) is 5.75 Å². The molecule has 5 rings (SSSR count). The molecule has 2 aliphatic rings. The normalized spacial score (nSPS) is 16.6. The van der Waals surface area contributed by atoms with Crippen LogP contribution in [0.25, 0.3) is 10.8 Å². The number of nitrogens with zero attached hydrogens (tertiary/aromatic N) is 3. The number of aromatic carboxylic acids is 1. The molecule has 37 heavy (non-hydrogen) atoms. The fourth-order valence-electron chi connectivity index (χ4n) is 5.42. The van der Waals surface area contributed by atoms with Crippen LogP contribution in [0.1, 0.15) is 46.4 Å². The van der Waals surface area contributed by atoms with Crippen molar-refractivity contribution in [1.29, 1.82) is 0 Å². The van der Waals surface area contributed by atoms with E-state index < -0.39 is 5.97 Å². The minimum atomic E-state index is -0.988. The van der Waals surface area contributed by atoms with E-state index in [-0.39, 0.29) is 11.5 Å². The highest BCUT2D eigenvalue weighted by molar-refractivity contribution is 6.12. The van der Waals surface area contributed by atoms with E-state index in [1.165, 1.54) is 38.4 Å². The zero-order valence-electron chi connectivity index (χ0n) is 21.3. The number of benzene rings is 3. The number of hydrogen-bond acceptors (Lipinski definition) is 5. The van der Waals surface area contributed by atoms with E-state index in [0.717, 1.165) is 44.1 Å². The fraction of sp³-hybridized carbons (Fsp3) is 0.400. The molecule has 2 saturated heterocycles. The Morgan fingerprint density at radius 1 is 0.757 bits per heavy atom. The SMILES string of the molecule is O=C(O)c1ccc(C(=O)N2CCN(c3ccc(OCCCN4CCCCC4)cc3)CC2)c2ccccc12. The molecular formula is C30H35N3O4. The average Bonchev–Trinajstić information content (AvgIpc) is 2.95. The van der Waals surface area contributed by atoms with E-state index in [9.17, 15) is 14.7 Å². The molecule has 0 aliphatic carbocycles. The number of carboxylic acid groups (broad SMARTS) is 1. The van der Waals surface area contributed by atoms with Crippen LogP contribution in [0.4, 0.5) is 5.69 Å². The Morgan fingerprint density at radius 2 is 1.41 bits per heavy atom. The molecule has 0 radical (unpaired) electrons. The predicted molar refractivity (Wildman–Crippen MR) is 146 cm³/mol. The van der Waals surface area contributed by atoms with E-state index in [2.05, 4.69) is 21.9 Å². The largest absolute Gasteiger partial charge is 0.494 e. The highest BCUT2D eigenvalue weighted by Crippen LogP contribution is 2.26. The molecule has 3 aromatic rings. The third-order valence-corrected chi connectivity index (χ3v) is 7.49. The second-order valence-electron chi connectivity index (χ2n) is 9.89. The molecule has 1 amide bonds. The average molecular weight is 502 g/mol. The van der Waals surface area contributed by atoms with Gasteiger partial charge in [-0.2, -0.15) is 0 Å². The van der Waals surface area contributed by atoms with Crippen LogP contribution in [0.2, 0.25) is 0 Å². The molecule has 194 valence electrons.